The number of hydrazine groups is 1. The summed E-state index contributed by atoms with van der Waals surface area (Å²) in [6.45, 7) is 0. The smallest absolute Gasteiger partial charge is 0.270 e. The molecule has 0 unspecified atom stereocenters. The number of ether oxygens (including phenoxy) is 1. The van der Waals surface area contributed by atoms with E-state index in [1.165, 1.54) is 30.0 Å². The van der Waals surface area contributed by atoms with Crippen molar-refractivity contribution in [2.24, 2.45) is 0 Å². The van der Waals surface area contributed by atoms with Crippen LogP contribution < -0.4 is 15.6 Å². The maximum absolute atomic E-state index is 11.9. The molecule has 0 aliphatic rings. The second-order valence-electron chi connectivity index (χ2n) is 4.75. The Balaban J connectivity index is 1.86. The molecule has 2 rings (SSSR count). The molecule has 0 aliphatic heterocycles. The molecule has 8 nitrogen and oxygen atoms in total. The second kappa shape index (κ2) is 8.69. The molecule has 0 heterocycles. The fraction of sp³-hybridized carbons (Fsp3) is 0.125. The number of nitro groups is 1. The number of para-hydroxylation sites is 1. The van der Waals surface area contributed by atoms with Crippen LogP contribution in [0.3, 0.4) is 0 Å². The topological polar surface area (TPSA) is 111 Å². The molecule has 0 atom stereocenters. The molecule has 2 aromatic rings. The Kier molecular flexibility index (Phi) is 6.35. The predicted molar refractivity (Wildman–Crippen MR) is 92.4 cm³/mol. The zero-order valence-electron chi connectivity index (χ0n) is 13.2. The highest BCUT2D eigenvalue weighted by molar-refractivity contribution is 8.00. The Labute approximate surface area is 147 Å². The number of amides is 2. The standard InChI is InChI=1S/C16H15N3O5S/c1-24-13-7-2-3-8-14(13)25-10-15(20)17-18-16(21)11-5-4-6-12(9-11)19(22)23/h2-9H,10H2,1H3,(H,17,20)(H,18,21). The maximum atomic E-state index is 11.9. The second-order valence-corrected chi connectivity index (χ2v) is 5.77. The lowest BCUT2D eigenvalue weighted by Crippen LogP contribution is -2.42. The van der Waals surface area contributed by atoms with Gasteiger partial charge in [0.1, 0.15) is 5.75 Å². The van der Waals surface area contributed by atoms with Gasteiger partial charge in [-0.15, -0.1) is 11.8 Å². The number of methoxy groups -OCH3 is 1. The summed E-state index contributed by atoms with van der Waals surface area (Å²) < 4.78 is 5.19. The van der Waals surface area contributed by atoms with Crippen molar-refractivity contribution in [2.75, 3.05) is 12.9 Å². The van der Waals surface area contributed by atoms with E-state index in [0.29, 0.717) is 5.75 Å². The highest BCUT2D eigenvalue weighted by Gasteiger charge is 2.12. The number of non-ortho nitro benzene ring substituents is 1. The average Bonchev–Trinajstić information content (AvgIpc) is 2.64. The fourth-order valence-electron chi connectivity index (χ4n) is 1.88. The average molecular weight is 361 g/mol. The molecule has 2 N–H and O–H groups in total. The van der Waals surface area contributed by atoms with Gasteiger partial charge < -0.3 is 4.74 Å². The lowest BCUT2D eigenvalue weighted by molar-refractivity contribution is -0.384. The first-order chi connectivity index (χ1) is 12.0. The fourth-order valence-corrected chi connectivity index (χ4v) is 2.70. The molecular weight excluding hydrogens is 346 g/mol. The third-order valence-electron chi connectivity index (χ3n) is 3.06. The van der Waals surface area contributed by atoms with E-state index < -0.39 is 16.7 Å². The minimum Gasteiger partial charge on any atom is -0.496 e. The summed E-state index contributed by atoms with van der Waals surface area (Å²) in [7, 11) is 1.54. The van der Waals surface area contributed by atoms with Crippen molar-refractivity contribution in [1.82, 2.24) is 10.9 Å². The van der Waals surface area contributed by atoms with Gasteiger partial charge in [-0.25, -0.2) is 0 Å². The molecule has 0 saturated carbocycles. The van der Waals surface area contributed by atoms with Crippen molar-refractivity contribution in [2.45, 2.75) is 4.90 Å². The predicted octanol–water partition coefficient (Wildman–Crippen LogP) is 2.16. The number of rotatable bonds is 6. The molecule has 2 amide bonds. The number of hydrogen-bond acceptors (Lipinski definition) is 6. The highest BCUT2D eigenvalue weighted by atomic mass is 32.2. The lowest BCUT2D eigenvalue weighted by Gasteiger charge is -2.09. The van der Waals surface area contributed by atoms with Gasteiger partial charge in [-0.1, -0.05) is 18.2 Å². The van der Waals surface area contributed by atoms with Crippen molar-refractivity contribution >= 4 is 29.3 Å². The summed E-state index contributed by atoms with van der Waals surface area (Å²) in [5.74, 6) is -0.342. The molecule has 0 radical (unpaired) electrons. The lowest BCUT2D eigenvalue weighted by atomic mass is 10.2. The summed E-state index contributed by atoms with van der Waals surface area (Å²) in [5, 5.41) is 10.7. The maximum Gasteiger partial charge on any atom is 0.270 e. The number of carbonyl (C=O) groups is 2. The molecule has 130 valence electrons. The molecule has 9 heteroatoms. The van der Waals surface area contributed by atoms with E-state index in [1.54, 1.807) is 13.2 Å². The van der Waals surface area contributed by atoms with Crippen LogP contribution in [0, 0.1) is 10.1 Å². The molecule has 2 aromatic carbocycles. The molecule has 25 heavy (non-hydrogen) atoms. The third kappa shape index (κ3) is 5.21. The third-order valence-corrected chi connectivity index (χ3v) is 4.12. The van der Waals surface area contributed by atoms with Crippen molar-refractivity contribution in [3.8, 4) is 5.75 Å². The van der Waals surface area contributed by atoms with Crippen LogP contribution in [0.5, 0.6) is 5.75 Å². The summed E-state index contributed by atoms with van der Waals surface area (Å²) in [5.41, 5.74) is 4.36. The van der Waals surface area contributed by atoms with Crippen LogP contribution in [-0.2, 0) is 4.79 Å². The molecule has 0 spiro atoms. The zero-order chi connectivity index (χ0) is 18.2. The van der Waals surface area contributed by atoms with E-state index in [4.69, 9.17) is 4.74 Å². The molecule has 0 saturated heterocycles. The van der Waals surface area contributed by atoms with Crippen molar-refractivity contribution in [3.63, 3.8) is 0 Å². The first-order valence-electron chi connectivity index (χ1n) is 7.10. The van der Waals surface area contributed by atoms with Gasteiger partial charge in [-0.2, -0.15) is 0 Å². The quantitative estimate of drug-likeness (QED) is 0.463. The van der Waals surface area contributed by atoms with E-state index in [1.807, 2.05) is 18.2 Å². The zero-order valence-corrected chi connectivity index (χ0v) is 14.0. The van der Waals surface area contributed by atoms with E-state index in [9.17, 15) is 19.7 Å². The molecular formula is C16H15N3O5S. The number of nitrogens with one attached hydrogen (secondary N) is 2. The molecule has 0 aromatic heterocycles. The number of hydrogen-bond donors (Lipinski definition) is 2. The van der Waals surface area contributed by atoms with Crippen LogP contribution in [0.1, 0.15) is 10.4 Å². The minimum atomic E-state index is -0.639. The molecule has 0 fully saturated rings. The minimum absolute atomic E-state index is 0.0651. The first-order valence-corrected chi connectivity index (χ1v) is 8.09. The van der Waals surface area contributed by atoms with Crippen LogP contribution in [0.4, 0.5) is 5.69 Å². The van der Waals surface area contributed by atoms with Crippen LogP contribution in [-0.4, -0.2) is 29.6 Å². The SMILES string of the molecule is COc1ccccc1SCC(=O)NNC(=O)c1cccc([N+](=O)[O-])c1. The van der Waals surface area contributed by atoms with Crippen LogP contribution in [0.25, 0.3) is 0 Å². The van der Waals surface area contributed by atoms with Crippen LogP contribution >= 0.6 is 11.8 Å². The number of thioether (sulfide) groups is 1. The highest BCUT2D eigenvalue weighted by Crippen LogP contribution is 2.28. The van der Waals surface area contributed by atoms with Crippen molar-refractivity contribution in [1.29, 1.82) is 0 Å². The van der Waals surface area contributed by atoms with Gasteiger partial charge in [0.2, 0.25) is 5.91 Å². The summed E-state index contributed by atoms with van der Waals surface area (Å²) in [6, 6.07) is 12.5. The number of nitrogens with zero attached hydrogens (tertiary/aromatic N) is 1. The Hall–Kier alpha value is -3.07. The Morgan fingerprint density at radius 3 is 2.64 bits per heavy atom. The van der Waals surface area contributed by atoms with Gasteiger partial charge in [0.15, 0.2) is 0 Å². The number of nitro benzene ring substituents is 1. The van der Waals surface area contributed by atoms with Gasteiger partial charge >= 0.3 is 0 Å². The summed E-state index contributed by atoms with van der Waals surface area (Å²) in [6.07, 6.45) is 0. The van der Waals surface area contributed by atoms with Gasteiger partial charge in [0.25, 0.3) is 11.6 Å². The first kappa shape index (κ1) is 18.3. The Morgan fingerprint density at radius 1 is 1.16 bits per heavy atom. The van der Waals surface area contributed by atoms with E-state index in [-0.39, 0.29) is 17.0 Å². The van der Waals surface area contributed by atoms with E-state index >= 15 is 0 Å². The van der Waals surface area contributed by atoms with Crippen LogP contribution in [0.15, 0.2) is 53.4 Å². The van der Waals surface area contributed by atoms with E-state index in [2.05, 4.69) is 10.9 Å². The number of benzene rings is 2. The normalized spacial score (nSPS) is 9.96. The molecule has 0 bridgehead atoms. The van der Waals surface area contributed by atoms with Gasteiger partial charge in [-0.3, -0.25) is 30.6 Å². The molecule has 0 aliphatic carbocycles. The monoisotopic (exact) mass is 361 g/mol. The van der Waals surface area contributed by atoms with Gasteiger partial charge in [0.05, 0.1) is 17.8 Å². The largest absolute Gasteiger partial charge is 0.496 e. The van der Waals surface area contributed by atoms with E-state index in [0.717, 1.165) is 11.0 Å². The Morgan fingerprint density at radius 2 is 1.92 bits per heavy atom. The number of carbonyl (C=O) groups excluding carboxylic acids is 2. The Bertz CT molecular complexity index is 797. The van der Waals surface area contributed by atoms with Gasteiger partial charge in [0, 0.05) is 22.6 Å². The van der Waals surface area contributed by atoms with Gasteiger partial charge in [-0.05, 0) is 18.2 Å². The summed E-state index contributed by atoms with van der Waals surface area (Å²) in [4.78, 5) is 34.7. The van der Waals surface area contributed by atoms with Crippen molar-refractivity contribution in [3.05, 3.63) is 64.2 Å². The van der Waals surface area contributed by atoms with Crippen LogP contribution in [0.2, 0.25) is 0 Å². The van der Waals surface area contributed by atoms with Crippen molar-refractivity contribution < 1.29 is 19.2 Å². The summed E-state index contributed by atoms with van der Waals surface area (Å²) >= 11 is 1.26.